The van der Waals surface area contributed by atoms with Gasteiger partial charge >= 0.3 is 0 Å². The van der Waals surface area contributed by atoms with Crippen LogP contribution in [0.1, 0.15) is 42.9 Å². The SMILES string of the molecule is CC(C)Oc1ccc(N2C(=S)N[C@@H](c3ccccn3)[C@H]2c2cccn2Cc2cccnc2)cc1. The molecule has 1 aromatic carbocycles. The summed E-state index contributed by atoms with van der Waals surface area (Å²) < 4.78 is 8.11. The Labute approximate surface area is 205 Å². The standard InChI is InChI=1S/C27H27N5OS/c1-19(2)33-22-12-10-21(11-13-22)32-26(25(30-27(32)34)23-8-3-4-15-29-23)24-9-6-16-31(24)18-20-7-5-14-28-17-20/h3-17,19,25-26H,18H2,1-2H3,(H,30,34)/t25-,26+/m0/s1. The Morgan fingerprint density at radius 2 is 1.85 bits per heavy atom. The van der Waals surface area contributed by atoms with Crippen LogP contribution in [-0.2, 0) is 6.54 Å². The van der Waals surface area contributed by atoms with E-state index in [2.05, 4.69) is 61.3 Å². The normalized spacial score (nSPS) is 17.7. The van der Waals surface area contributed by atoms with Crippen LogP contribution < -0.4 is 15.0 Å². The molecule has 0 bridgehead atoms. The van der Waals surface area contributed by atoms with Gasteiger partial charge in [-0.25, -0.2) is 0 Å². The Hall–Kier alpha value is -3.71. The van der Waals surface area contributed by atoms with Gasteiger partial charge in [0.2, 0.25) is 0 Å². The molecule has 0 amide bonds. The van der Waals surface area contributed by atoms with Crippen LogP contribution >= 0.6 is 12.2 Å². The highest BCUT2D eigenvalue weighted by Crippen LogP contribution is 2.42. The third-order valence-electron chi connectivity index (χ3n) is 5.83. The van der Waals surface area contributed by atoms with Crippen molar-refractivity contribution < 1.29 is 4.74 Å². The van der Waals surface area contributed by atoms with E-state index in [1.807, 2.05) is 62.6 Å². The van der Waals surface area contributed by atoms with E-state index in [1.54, 1.807) is 6.20 Å². The molecular weight excluding hydrogens is 442 g/mol. The first-order valence-corrected chi connectivity index (χ1v) is 11.8. The third kappa shape index (κ3) is 4.52. The molecule has 1 saturated heterocycles. The van der Waals surface area contributed by atoms with Gasteiger partial charge in [-0.2, -0.15) is 0 Å². The molecule has 0 saturated carbocycles. The van der Waals surface area contributed by atoms with Crippen LogP contribution in [0, 0.1) is 0 Å². The number of aromatic nitrogens is 3. The van der Waals surface area contributed by atoms with Crippen LogP contribution in [0.15, 0.2) is 91.5 Å². The quantitative estimate of drug-likeness (QED) is 0.371. The van der Waals surface area contributed by atoms with Crippen molar-refractivity contribution in [1.82, 2.24) is 19.9 Å². The number of anilines is 1. The smallest absolute Gasteiger partial charge is 0.174 e. The highest BCUT2D eigenvalue weighted by atomic mass is 32.1. The third-order valence-corrected chi connectivity index (χ3v) is 6.14. The molecule has 6 nitrogen and oxygen atoms in total. The molecule has 172 valence electrons. The number of hydrogen-bond donors (Lipinski definition) is 1. The summed E-state index contributed by atoms with van der Waals surface area (Å²) in [5, 5.41) is 4.21. The minimum atomic E-state index is -0.0946. The number of nitrogens with zero attached hydrogens (tertiary/aromatic N) is 4. The van der Waals surface area contributed by atoms with Crippen LogP contribution in [0.3, 0.4) is 0 Å². The summed E-state index contributed by atoms with van der Waals surface area (Å²) in [5.74, 6) is 0.842. The molecule has 2 atom stereocenters. The van der Waals surface area contributed by atoms with E-state index >= 15 is 0 Å². The number of thiocarbonyl (C=S) groups is 1. The summed E-state index contributed by atoms with van der Waals surface area (Å²) in [6.07, 6.45) is 7.76. The minimum Gasteiger partial charge on any atom is -0.491 e. The van der Waals surface area contributed by atoms with Crippen LogP contribution in [0.25, 0.3) is 0 Å². The molecule has 4 heterocycles. The van der Waals surface area contributed by atoms with Crippen molar-refractivity contribution in [3.8, 4) is 5.75 Å². The van der Waals surface area contributed by atoms with Crippen molar-refractivity contribution in [1.29, 1.82) is 0 Å². The number of benzene rings is 1. The van der Waals surface area contributed by atoms with Crippen molar-refractivity contribution in [3.63, 3.8) is 0 Å². The largest absolute Gasteiger partial charge is 0.491 e. The zero-order valence-corrected chi connectivity index (χ0v) is 20.0. The van der Waals surface area contributed by atoms with Crippen LogP contribution in [0.2, 0.25) is 0 Å². The number of ether oxygens (including phenoxy) is 1. The number of hydrogen-bond acceptors (Lipinski definition) is 4. The Morgan fingerprint density at radius 3 is 2.56 bits per heavy atom. The van der Waals surface area contributed by atoms with Gasteiger partial charge in [-0.3, -0.25) is 9.97 Å². The molecule has 0 spiro atoms. The zero-order chi connectivity index (χ0) is 23.5. The summed E-state index contributed by atoms with van der Waals surface area (Å²) in [6.45, 7) is 4.78. The molecule has 34 heavy (non-hydrogen) atoms. The van der Waals surface area contributed by atoms with E-state index in [0.29, 0.717) is 5.11 Å². The summed E-state index contributed by atoms with van der Waals surface area (Å²) in [6, 6.07) is 22.2. The lowest BCUT2D eigenvalue weighted by Crippen LogP contribution is -2.30. The summed E-state index contributed by atoms with van der Waals surface area (Å²) >= 11 is 5.86. The lowest BCUT2D eigenvalue weighted by Gasteiger charge is -2.29. The van der Waals surface area contributed by atoms with Gasteiger partial charge in [0.05, 0.1) is 17.8 Å². The molecule has 0 radical (unpaired) electrons. The van der Waals surface area contributed by atoms with Gasteiger partial charge in [0.25, 0.3) is 0 Å². The Bertz CT molecular complexity index is 1240. The first-order valence-electron chi connectivity index (χ1n) is 11.4. The Morgan fingerprint density at radius 1 is 1.00 bits per heavy atom. The Balaban J connectivity index is 1.55. The molecule has 3 aromatic heterocycles. The van der Waals surface area contributed by atoms with E-state index < -0.39 is 0 Å². The zero-order valence-electron chi connectivity index (χ0n) is 19.2. The summed E-state index contributed by atoms with van der Waals surface area (Å²) in [7, 11) is 0. The number of pyridine rings is 2. The van der Waals surface area contributed by atoms with Gasteiger partial charge in [0.1, 0.15) is 11.8 Å². The maximum atomic E-state index is 5.86. The maximum Gasteiger partial charge on any atom is 0.174 e. The predicted molar refractivity (Wildman–Crippen MR) is 138 cm³/mol. The molecule has 7 heteroatoms. The molecule has 5 rings (SSSR count). The van der Waals surface area contributed by atoms with Gasteiger partial charge < -0.3 is 19.5 Å². The van der Waals surface area contributed by atoms with Crippen molar-refractivity contribution in [2.75, 3.05) is 4.90 Å². The van der Waals surface area contributed by atoms with Crippen LogP contribution in [0.4, 0.5) is 5.69 Å². The van der Waals surface area contributed by atoms with Crippen molar-refractivity contribution in [3.05, 3.63) is 108 Å². The van der Waals surface area contributed by atoms with E-state index in [0.717, 1.165) is 34.9 Å². The molecule has 1 aliphatic heterocycles. The van der Waals surface area contributed by atoms with Gasteiger partial charge in [-0.05, 0) is 86.2 Å². The van der Waals surface area contributed by atoms with E-state index in [1.165, 1.54) is 0 Å². The lowest BCUT2D eigenvalue weighted by molar-refractivity contribution is 0.242. The monoisotopic (exact) mass is 469 g/mol. The van der Waals surface area contributed by atoms with Gasteiger partial charge in [-0.15, -0.1) is 0 Å². The van der Waals surface area contributed by atoms with Crippen molar-refractivity contribution >= 4 is 23.0 Å². The fourth-order valence-electron chi connectivity index (χ4n) is 4.42. The second-order valence-electron chi connectivity index (χ2n) is 8.58. The molecule has 1 N–H and O–H groups in total. The molecule has 0 unspecified atom stereocenters. The fraction of sp³-hybridized carbons (Fsp3) is 0.222. The lowest BCUT2D eigenvalue weighted by atomic mass is 10.0. The second kappa shape index (κ2) is 9.65. The summed E-state index contributed by atoms with van der Waals surface area (Å²) in [4.78, 5) is 11.1. The highest BCUT2D eigenvalue weighted by molar-refractivity contribution is 7.80. The predicted octanol–water partition coefficient (Wildman–Crippen LogP) is 5.29. The van der Waals surface area contributed by atoms with E-state index in [4.69, 9.17) is 17.0 Å². The summed E-state index contributed by atoms with van der Waals surface area (Å²) in [5.41, 5.74) is 4.25. The topological polar surface area (TPSA) is 55.2 Å². The molecular formula is C27H27N5OS. The van der Waals surface area contributed by atoms with Crippen molar-refractivity contribution in [2.45, 2.75) is 38.6 Å². The molecule has 0 aliphatic carbocycles. The highest BCUT2D eigenvalue weighted by Gasteiger charge is 2.42. The van der Waals surface area contributed by atoms with Gasteiger partial charge in [0.15, 0.2) is 5.11 Å². The van der Waals surface area contributed by atoms with E-state index in [9.17, 15) is 0 Å². The average molecular weight is 470 g/mol. The molecule has 4 aromatic rings. The molecule has 1 aliphatic rings. The average Bonchev–Trinajstić information content (AvgIpc) is 3.44. The maximum absolute atomic E-state index is 5.86. The minimum absolute atomic E-state index is 0.0778. The van der Waals surface area contributed by atoms with Gasteiger partial charge in [0, 0.05) is 42.7 Å². The van der Waals surface area contributed by atoms with Crippen LogP contribution in [0.5, 0.6) is 5.75 Å². The van der Waals surface area contributed by atoms with E-state index in [-0.39, 0.29) is 18.2 Å². The number of nitrogens with one attached hydrogen (secondary N) is 1. The second-order valence-corrected chi connectivity index (χ2v) is 8.97. The van der Waals surface area contributed by atoms with Crippen LogP contribution in [-0.4, -0.2) is 25.8 Å². The Kier molecular flexibility index (Phi) is 6.27. The van der Waals surface area contributed by atoms with Gasteiger partial charge in [-0.1, -0.05) is 12.1 Å². The first kappa shape index (κ1) is 22.1. The molecule has 1 fully saturated rings. The first-order chi connectivity index (χ1) is 16.6. The number of rotatable bonds is 7. The van der Waals surface area contributed by atoms with Crippen molar-refractivity contribution in [2.24, 2.45) is 0 Å². The fourth-order valence-corrected chi connectivity index (χ4v) is 4.76.